The molecule has 4 nitrogen and oxygen atoms in total. The van der Waals surface area contributed by atoms with E-state index in [1.54, 1.807) is 24.3 Å². The molecule has 2 rings (SSSR count). The van der Waals surface area contributed by atoms with Gasteiger partial charge < -0.3 is 14.8 Å². The normalized spacial score (nSPS) is 10.9. The van der Waals surface area contributed by atoms with Gasteiger partial charge in [-0.15, -0.1) is 19.8 Å². The van der Waals surface area contributed by atoms with Crippen molar-refractivity contribution in [1.82, 2.24) is 0 Å². The fraction of sp³-hybridized carbons (Fsp3) is 0.167. The summed E-state index contributed by atoms with van der Waals surface area (Å²) in [6.45, 7) is 3.66. The maximum atomic E-state index is 12.3. The van der Waals surface area contributed by atoms with Gasteiger partial charge in [-0.2, -0.15) is 0 Å². The van der Waals surface area contributed by atoms with E-state index >= 15 is 0 Å². The predicted molar refractivity (Wildman–Crippen MR) is 88.0 cm³/mol. The quantitative estimate of drug-likeness (QED) is 0.775. The third-order valence-electron chi connectivity index (χ3n) is 3.25. The molecule has 2 aromatic carbocycles. The molecule has 0 aliphatic heterocycles. The van der Waals surface area contributed by atoms with E-state index in [0.717, 1.165) is 17.7 Å². The number of allylic oxidation sites excluding steroid dienone is 1. The molecule has 1 N–H and O–H groups in total. The third-order valence-corrected chi connectivity index (χ3v) is 3.25. The summed E-state index contributed by atoms with van der Waals surface area (Å²) >= 11 is 0. The first-order valence-electron chi connectivity index (χ1n) is 7.27. The second-order valence-electron chi connectivity index (χ2n) is 5.05. The van der Waals surface area contributed by atoms with Gasteiger partial charge in [0, 0.05) is 11.3 Å². The lowest BCUT2D eigenvalue weighted by Gasteiger charge is -2.11. The first kappa shape index (κ1) is 18.4. The lowest BCUT2D eigenvalue weighted by molar-refractivity contribution is -0.274. The lowest BCUT2D eigenvalue weighted by atomic mass is 10.1. The average Bonchev–Trinajstić information content (AvgIpc) is 2.55. The second-order valence-corrected chi connectivity index (χ2v) is 5.05. The molecule has 7 heteroatoms. The van der Waals surface area contributed by atoms with Crippen LogP contribution in [0.1, 0.15) is 15.9 Å². The van der Waals surface area contributed by atoms with Crippen molar-refractivity contribution in [1.29, 1.82) is 0 Å². The van der Waals surface area contributed by atoms with Gasteiger partial charge in [-0.3, -0.25) is 4.79 Å². The number of alkyl halides is 3. The van der Waals surface area contributed by atoms with E-state index in [4.69, 9.17) is 4.74 Å². The van der Waals surface area contributed by atoms with Gasteiger partial charge in [0.25, 0.3) is 5.91 Å². The molecule has 0 spiro atoms. The van der Waals surface area contributed by atoms with Crippen LogP contribution in [0.2, 0.25) is 0 Å². The Balaban J connectivity index is 2.11. The number of methoxy groups -OCH3 is 1. The Kier molecular flexibility index (Phi) is 5.69. The van der Waals surface area contributed by atoms with Crippen molar-refractivity contribution in [3.63, 3.8) is 0 Å². The van der Waals surface area contributed by atoms with Crippen LogP contribution in [0.25, 0.3) is 0 Å². The summed E-state index contributed by atoms with van der Waals surface area (Å²) < 4.78 is 45.4. The highest BCUT2D eigenvalue weighted by molar-refractivity contribution is 6.04. The zero-order chi connectivity index (χ0) is 18.4. The molecular formula is C18H16F3NO3. The topological polar surface area (TPSA) is 47.6 Å². The summed E-state index contributed by atoms with van der Waals surface area (Å²) in [5.41, 5.74) is 1.55. The van der Waals surface area contributed by atoms with E-state index in [-0.39, 0.29) is 5.75 Å². The predicted octanol–water partition coefficient (Wildman–Crippen LogP) is 4.57. The number of rotatable bonds is 6. The van der Waals surface area contributed by atoms with Crippen LogP contribution in [0, 0.1) is 0 Å². The van der Waals surface area contributed by atoms with E-state index in [0.29, 0.717) is 23.4 Å². The molecule has 0 saturated carbocycles. The number of anilines is 1. The molecular weight excluding hydrogens is 335 g/mol. The van der Waals surface area contributed by atoms with E-state index in [1.807, 2.05) is 0 Å². The fourth-order valence-electron chi connectivity index (χ4n) is 2.18. The van der Waals surface area contributed by atoms with Crippen LogP contribution in [-0.4, -0.2) is 19.4 Å². The summed E-state index contributed by atoms with van der Waals surface area (Å²) in [4.78, 5) is 12.3. The number of carbonyl (C=O) groups excluding carboxylic acids is 1. The number of carbonyl (C=O) groups is 1. The minimum atomic E-state index is -4.75. The molecule has 0 atom stereocenters. The molecule has 0 heterocycles. The monoisotopic (exact) mass is 351 g/mol. The summed E-state index contributed by atoms with van der Waals surface area (Å²) in [7, 11) is 1.53. The fourth-order valence-corrected chi connectivity index (χ4v) is 2.18. The Morgan fingerprint density at radius 2 is 1.88 bits per heavy atom. The maximum absolute atomic E-state index is 12.3. The number of amides is 1. The Hall–Kier alpha value is -2.96. The zero-order valence-electron chi connectivity index (χ0n) is 13.4. The number of hydrogen-bond acceptors (Lipinski definition) is 3. The number of hydrogen-bond donors (Lipinski definition) is 1. The van der Waals surface area contributed by atoms with Crippen LogP contribution in [-0.2, 0) is 6.42 Å². The summed E-state index contributed by atoms with van der Waals surface area (Å²) in [5.74, 6) is -0.106. The minimum absolute atomic E-state index is 0.348. The molecule has 0 aliphatic rings. The minimum Gasteiger partial charge on any atom is -0.496 e. The van der Waals surface area contributed by atoms with E-state index < -0.39 is 12.3 Å². The van der Waals surface area contributed by atoms with E-state index in [2.05, 4.69) is 16.6 Å². The van der Waals surface area contributed by atoms with Crippen molar-refractivity contribution in [3.05, 3.63) is 66.2 Å². The Morgan fingerprint density at radius 1 is 1.20 bits per heavy atom. The number of ether oxygens (including phenoxy) is 2. The van der Waals surface area contributed by atoms with Gasteiger partial charge in [0.15, 0.2) is 0 Å². The van der Waals surface area contributed by atoms with Gasteiger partial charge in [-0.1, -0.05) is 6.08 Å². The van der Waals surface area contributed by atoms with Crippen molar-refractivity contribution >= 4 is 11.6 Å². The SMILES string of the molecule is C=CCc1cc(C(=O)Nc2ccc(OC(F)(F)F)cc2)ccc1OC. The largest absolute Gasteiger partial charge is 0.573 e. The zero-order valence-corrected chi connectivity index (χ0v) is 13.4. The van der Waals surface area contributed by atoms with Crippen LogP contribution in [0.4, 0.5) is 18.9 Å². The van der Waals surface area contributed by atoms with Gasteiger partial charge in [0.05, 0.1) is 7.11 Å². The summed E-state index contributed by atoms with van der Waals surface area (Å²) in [6, 6.07) is 9.85. The molecule has 1 amide bonds. The highest BCUT2D eigenvalue weighted by Gasteiger charge is 2.30. The highest BCUT2D eigenvalue weighted by Crippen LogP contribution is 2.25. The number of benzene rings is 2. The number of halogens is 3. The van der Waals surface area contributed by atoms with Gasteiger partial charge in [0.1, 0.15) is 11.5 Å². The molecule has 0 radical (unpaired) electrons. The van der Waals surface area contributed by atoms with Crippen LogP contribution in [0.3, 0.4) is 0 Å². The van der Waals surface area contributed by atoms with Crippen molar-refractivity contribution < 1.29 is 27.4 Å². The molecule has 0 bridgehead atoms. The van der Waals surface area contributed by atoms with Crippen molar-refractivity contribution in [2.24, 2.45) is 0 Å². The van der Waals surface area contributed by atoms with Crippen LogP contribution >= 0.6 is 0 Å². The first-order chi connectivity index (χ1) is 11.8. The average molecular weight is 351 g/mol. The van der Waals surface area contributed by atoms with Crippen LogP contribution in [0.5, 0.6) is 11.5 Å². The van der Waals surface area contributed by atoms with Crippen LogP contribution in [0.15, 0.2) is 55.1 Å². The first-order valence-corrected chi connectivity index (χ1v) is 7.27. The van der Waals surface area contributed by atoms with E-state index in [9.17, 15) is 18.0 Å². The molecule has 0 saturated heterocycles. The smallest absolute Gasteiger partial charge is 0.496 e. The molecule has 0 aliphatic carbocycles. The molecule has 132 valence electrons. The molecule has 2 aromatic rings. The van der Waals surface area contributed by atoms with Gasteiger partial charge in [-0.05, 0) is 54.4 Å². The third kappa shape index (κ3) is 5.27. The Morgan fingerprint density at radius 3 is 2.44 bits per heavy atom. The van der Waals surface area contributed by atoms with Gasteiger partial charge in [0.2, 0.25) is 0 Å². The van der Waals surface area contributed by atoms with Crippen LogP contribution < -0.4 is 14.8 Å². The van der Waals surface area contributed by atoms with Gasteiger partial charge in [-0.25, -0.2) is 0 Å². The van der Waals surface area contributed by atoms with Crippen molar-refractivity contribution in [2.75, 3.05) is 12.4 Å². The van der Waals surface area contributed by atoms with E-state index in [1.165, 1.54) is 19.2 Å². The standard InChI is InChI=1S/C18H16F3NO3/c1-3-4-12-11-13(5-10-16(12)24-2)17(23)22-14-6-8-15(9-7-14)25-18(19,20)21/h3,5-11H,1,4H2,2H3,(H,22,23). The number of nitrogens with one attached hydrogen (secondary N) is 1. The maximum Gasteiger partial charge on any atom is 0.573 e. The molecule has 0 fully saturated rings. The molecule has 0 unspecified atom stereocenters. The van der Waals surface area contributed by atoms with Crippen molar-refractivity contribution in [3.8, 4) is 11.5 Å². The van der Waals surface area contributed by atoms with Crippen molar-refractivity contribution in [2.45, 2.75) is 12.8 Å². The molecule has 25 heavy (non-hydrogen) atoms. The Bertz CT molecular complexity index is 755. The lowest BCUT2D eigenvalue weighted by Crippen LogP contribution is -2.17. The molecule has 0 aromatic heterocycles. The Labute approximate surface area is 142 Å². The van der Waals surface area contributed by atoms with Gasteiger partial charge >= 0.3 is 6.36 Å². The second kappa shape index (κ2) is 7.74. The summed E-state index contributed by atoms with van der Waals surface area (Å²) in [5, 5.41) is 2.61. The summed E-state index contributed by atoms with van der Waals surface area (Å²) in [6.07, 6.45) is -2.53. The highest BCUT2D eigenvalue weighted by atomic mass is 19.4.